The van der Waals surface area contributed by atoms with Crippen LogP contribution >= 0.6 is 0 Å². The van der Waals surface area contributed by atoms with Gasteiger partial charge in [-0.3, -0.25) is 9.59 Å². The van der Waals surface area contributed by atoms with Crippen LogP contribution in [0.2, 0.25) is 0 Å². The lowest BCUT2D eigenvalue weighted by atomic mass is 9.87. The summed E-state index contributed by atoms with van der Waals surface area (Å²) in [7, 11) is 0. The van der Waals surface area contributed by atoms with Crippen molar-refractivity contribution >= 4 is 22.8 Å². The second kappa shape index (κ2) is 7.19. The first kappa shape index (κ1) is 18.3. The predicted molar refractivity (Wildman–Crippen MR) is 106 cm³/mol. The summed E-state index contributed by atoms with van der Waals surface area (Å²) in [6.07, 6.45) is 2.96. The number of aromatic nitrogens is 1. The molecule has 0 spiro atoms. The molecule has 1 aliphatic rings. The number of carbonyl (C=O) groups excluding carboxylic acids is 1. The number of rotatable bonds is 4. The van der Waals surface area contributed by atoms with Gasteiger partial charge in [0.15, 0.2) is 0 Å². The lowest BCUT2D eigenvalue weighted by Crippen LogP contribution is -2.38. The van der Waals surface area contributed by atoms with Gasteiger partial charge in [-0.15, -0.1) is 0 Å². The van der Waals surface area contributed by atoms with E-state index in [0.29, 0.717) is 30.1 Å². The number of piperidine rings is 1. The smallest absolute Gasteiger partial charge is 0.311 e. The van der Waals surface area contributed by atoms with Crippen LogP contribution in [0.1, 0.15) is 51.7 Å². The van der Waals surface area contributed by atoms with Crippen molar-refractivity contribution in [3.05, 3.63) is 58.7 Å². The van der Waals surface area contributed by atoms with Crippen LogP contribution in [0.5, 0.6) is 0 Å². The van der Waals surface area contributed by atoms with E-state index in [2.05, 4.69) is 30.1 Å². The van der Waals surface area contributed by atoms with Gasteiger partial charge in [0.2, 0.25) is 0 Å². The van der Waals surface area contributed by atoms with Crippen molar-refractivity contribution in [3.63, 3.8) is 0 Å². The first-order chi connectivity index (χ1) is 13.5. The fraction of sp³-hybridized carbons (Fsp3) is 0.364. The van der Waals surface area contributed by atoms with Gasteiger partial charge < -0.3 is 19.4 Å². The summed E-state index contributed by atoms with van der Waals surface area (Å²) in [6.45, 7) is 5.20. The molecule has 2 N–H and O–H groups in total. The minimum absolute atomic E-state index is 0.128. The van der Waals surface area contributed by atoms with Gasteiger partial charge in [-0.2, -0.15) is 0 Å². The molecule has 28 heavy (non-hydrogen) atoms. The molecule has 146 valence electrons. The Morgan fingerprint density at radius 2 is 1.93 bits per heavy atom. The van der Waals surface area contributed by atoms with Crippen LogP contribution in [-0.4, -0.2) is 40.0 Å². The molecule has 0 unspecified atom stereocenters. The Balaban J connectivity index is 1.52. The zero-order chi connectivity index (χ0) is 19.8. The highest BCUT2D eigenvalue weighted by atomic mass is 16.4. The van der Waals surface area contributed by atoms with Gasteiger partial charge in [-0.05, 0) is 44.2 Å². The van der Waals surface area contributed by atoms with E-state index in [1.54, 1.807) is 6.92 Å². The van der Waals surface area contributed by atoms with Gasteiger partial charge in [0.05, 0.1) is 11.8 Å². The number of fused-ring (bicyclic) bond motifs is 1. The predicted octanol–water partition coefficient (Wildman–Crippen LogP) is 4.02. The number of likely N-dealkylation sites (tertiary alicyclic amines) is 1. The fourth-order valence-electron chi connectivity index (χ4n) is 4.41. The van der Waals surface area contributed by atoms with Crippen LogP contribution < -0.4 is 0 Å². The minimum atomic E-state index is -1.00. The van der Waals surface area contributed by atoms with Gasteiger partial charge in [0, 0.05) is 35.2 Å². The molecule has 1 aliphatic heterocycles. The molecule has 0 saturated carbocycles. The van der Waals surface area contributed by atoms with Gasteiger partial charge >= 0.3 is 5.97 Å². The molecule has 1 fully saturated rings. The normalized spacial score (nSPS) is 15.3. The van der Waals surface area contributed by atoms with Gasteiger partial charge in [-0.25, -0.2) is 0 Å². The number of carboxylic acid groups (broad SMARTS) is 1. The van der Waals surface area contributed by atoms with E-state index in [1.165, 1.54) is 22.9 Å². The number of hydrogen-bond donors (Lipinski definition) is 2. The number of para-hydroxylation sites is 1. The lowest BCUT2D eigenvalue weighted by Gasteiger charge is -2.32. The number of aliphatic carboxylic acids is 1. The van der Waals surface area contributed by atoms with Crippen LogP contribution in [0.3, 0.4) is 0 Å². The quantitative estimate of drug-likeness (QED) is 0.716. The standard InChI is InChI=1S/C22H24N2O4/c1-13-12-28-18(11-19(25)26)20(13)22(27)24-9-7-15(8-10-24)21-14(2)23-17-6-4-3-5-16(17)21/h3-6,12,15,23H,7-11H2,1-2H3,(H,25,26). The van der Waals surface area contributed by atoms with Crippen LogP contribution in [0.4, 0.5) is 0 Å². The molecule has 6 heteroatoms. The van der Waals surface area contributed by atoms with E-state index in [0.717, 1.165) is 18.4 Å². The zero-order valence-electron chi connectivity index (χ0n) is 16.1. The Morgan fingerprint density at radius 1 is 1.21 bits per heavy atom. The van der Waals surface area contributed by atoms with Crippen LogP contribution in [0.25, 0.3) is 10.9 Å². The number of nitrogens with one attached hydrogen (secondary N) is 1. The summed E-state index contributed by atoms with van der Waals surface area (Å²) >= 11 is 0. The first-order valence-corrected chi connectivity index (χ1v) is 9.61. The molecule has 0 atom stereocenters. The number of H-pyrrole nitrogens is 1. The number of benzene rings is 1. The van der Waals surface area contributed by atoms with E-state index in [-0.39, 0.29) is 18.1 Å². The second-order valence-corrected chi connectivity index (χ2v) is 7.56. The molecule has 0 bridgehead atoms. The van der Waals surface area contributed by atoms with Gasteiger partial charge in [0.1, 0.15) is 12.2 Å². The number of carboxylic acids is 1. The van der Waals surface area contributed by atoms with E-state index in [1.807, 2.05) is 11.0 Å². The molecule has 1 aromatic carbocycles. The number of amides is 1. The van der Waals surface area contributed by atoms with Crippen LogP contribution in [-0.2, 0) is 11.2 Å². The Kier molecular flexibility index (Phi) is 4.71. The van der Waals surface area contributed by atoms with Crippen LogP contribution in [0, 0.1) is 13.8 Å². The topological polar surface area (TPSA) is 86.5 Å². The molecule has 1 saturated heterocycles. The molecule has 0 radical (unpaired) electrons. The average Bonchev–Trinajstić information content (AvgIpc) is 3.19. The maximum atomic E-state index is 13.0. The molecular formula is C22H24N2O4. The van der Waals surface area contributed by atoms with E-state index in [9.17, 15) is 9.59 Å². The van der Waals surface area contributed by atoms with Gasteiger partial charge in [0.25, 0.3) is 5.91 Å². The molecule has 0 aliphatic carbocycles. The van der Waals surface area contributed by atoms with E-state index >= 15 is 0 Å². The molecule has 3 aromatic rings. The third-order valence-electron chi connectivity index (χ3n) is 5.71. The SMILES string of the molecule is Cc1coc(CC(=O)O)c1C(=O)N1CCC(c2c(C)[nH]c3ccccc23)CC1. The second-order valence-electron chi connectivity index (χ2n) is 7.56. The summed E-state index contributed by atoms with van der Waals surface area (Å²) in [5.41, 5.74) is 4.80. The molecule has 6 nitrogen and oxygen atoms in total. The van der Waals surface area contributed by atoms with Crippen molar-refractivity contribution in [2.45, 2.75) is 39.0 Å². The number of aryl methyl sites for hydroxylation is 2. The summed E-state index contributed by atoms with van der Waals surface area (Å²) in [6, 6.07) is 8.34. The van der Waals surface area contributed by atoms with Crippen molar-refractivity contribution in [1.82, 2.24) is 9.88 Å². The third kappa shape index (κ3) is 3.19. The maximum absolute atomic E-state index is 13.0. The summed E-state index contributed by atoms with van der Waals surface area (Å²) in [5, 5.41) is 10.3. The molecule has 4 rings (SSSR count). The first-order valence-electron chi connectivity index (χ1n) is 9.61. The minimum Gasteiger partial charge on any atom is -0.481 e. The molecular weight excluding hydrogens is 356 g/mol. The lowest BCUT2D eigenvalue weighted by molar-refractivity contribution is -0.136. The summed E-state index contributed by atoms with van der Waals surface area (Å²) < 4.78 is 5.33. The Morgan fingerprint density at radius 3 is 2.64 bits per heavy atom. The van der Waals surface area contributed by atoms with Gasteiger partial charge in [-0.1, -0.05) is 18.2 Å². The highest BCUT2D eigenvalue weighted by Crippen LogP contribution is 2.36. The van der Waals surface area contributed by atoms with E-state index in [4.69, 9.17) is 9.52 Å². The van der Waals surface area contributed by atoms with Crippen molar-refractivity contribution in [2.75, 3.05) is 13.1 Å². The fourth-order valence-corrected chi connectivity index (χ4v) is 4.41. The molecule has 3 heterocycles. The largest absolute Gasteiger partial charge is 0.481 e. The number of hydrogen-bond acceptors (Lipinski definition) is 3. The Hall–Kier alpha value is -3.02. The average molecular weight is 380 g/mol. The number of carbonyl (C=O) groups is 2. The monoisotopic (exact) mass is 380 g/mol. The molecule has 2 aromatic heterocycles. The highest BCUT2D eigenvalue weighted by molar-refractivity contribution is 5.97. The number of nitrogens with zero attached hydrogens (tertiary/aromatic N) is 1. The number of aromatic amines is 1. The third-order valence-corrected chi connectivity index (χ3v) is 5.71. The maximum Gasteiger partial charge on any atom is 0.311 e. The van der Waals surface area contributed by atoms with Crippen molar-refractivity contribution in [3.8, 4) is 0 Å². The van der Waals surface area contributed by atoms with Crippen molar-refractivity contribution in [1.29, 1.82) is 0 Å². The zero-order valence-corrected chi connectivity index (χ0v) is 16.1. The number of furan rings is 1. The highest BCUT2D eigenvalue weighted by Gasteiger charge is 2.30. The molecule has 1 amide bonds. The summed E-state index contributed by atoms with van der Waals surface area (Å²) in [5.74, 6) is -0.484. The van der Waals surface area contributed by atoms with Crippen molar-refractivity contribution < 1.29 is 19.1 Å². The Bertz CT molecular complexity index is 1040. The Labute approximate surface area is 163 Å². The van der Waals surface area contributed by atoms with Crippen molar-refractivity contribution in [2.24, 2.45) is 0 Å². The summed E-state index contributed by atoms with van der Waals surface area (Å²) in [4.78, 5) is 29.4. The van der Waals surface area contributed by atoms with E-state index < -0.39 is 5.97 Å². The van der Waals surface area contributed by atoms with Crippen LogP contribution in [0.15, 0.2) is 34.9 Å².